The van der Waals surface area contributed by atoms with Crippen molar-refractivity contribution in [3.8, 4) is 0 Å². The van der Waals surface area contributed by atoms with Crippen molar-refractivity contribution in [1.82, 2.24) is 4.90 Å². The highest BCUT2D eigenvalue weighted by molar-refractivity contribution is 7.95. The van der Waals surface area contributed by atoms with Crippen molar-refractivity contribution in [2.75, 3.05) is 21.7 Å². The SMILES string of the molecule is O=C(O)N1CCCCC1CN1c2ccccc2N(c2ccccc2)S1(=O)=O. The topological polar surface area (TPSA) is 81.2 Å². The maximum Gasteiger partial charge on any atom is 0.407 e. The Hall–Kier alpha value is -2.74. The molecule has 2 aliphatic rings. The van der Waals surface area contributed by atoms with Crippen LogP contribution in [0.1, 0.15) is 19.3 Å². The molecule has 2 aromatic carbocycles. The molecule has 7 nitrogen and oxygen atoms in total. The van der Waals surface area contributed by atoms with E-state index in [1.54, 1.807) is 48.5 Å². The maximum absolute atomic E-state index is 13.4. The number of para-hydroxylation sites is 3. The number of carbonyl (C=O) groups is 1. The molecule has 1 N–H and O–H groups in total. The second-order valence-electron chi connectivity index (χ2n) is 6.75. The molecule has 27 heavy (non-hydrogen) atoms. The zero-order valence-corrected chi connectivity index (χ0v) is 15.5. The summed E-state index contributed by atoms with van der Waals surface area (Å²) in [7, 11) is -3.84. The normalized spacial score (nSPS) is 21.2. The van der Waals surface area contributed by atoms with Gasteiger partial charge < -0.3 is 10.0 Å². The van der Waals surface area contributed by atoms with E-state index in [0.717, 1.165) is 12.8 Å². The van der Waals surface area contributed by atoms with Crippen molar-refractivity contribution in [1.29, 1.82) is 0 Å². The monoisotopic (exact) mass is 387 g/mol. The molecule has 2 heterocycles. The van der Waals surface area contributed by atoms with Gasteiger partial charge in [0.25, 0.3) is 0 Å². The lowest BCUT2D eigenvalue weighted by molar-refractivity contribution is 0.109. The Morgan fingerprint density at radius 2 is 1.67 bits per heavy atom. The van der Waals surface area contributed by atoms with Crippen LogP contribution in [0.5, 0.6) is 0 Å². The van der Waals surface area contributed by atoms with Gasteiger partial charge in [-0.15, -0.1) is 0 Å². The van der Waals surface area contributed by atoms with E-state index in [-0.39, 0.29) is 12.6 Å². The molecule has 0 aromatic heterocycles. The minimum Gasteiger partial charge on any atom is -0.465 e. The summed E-state index contributed by atoms with van der Waals surface area (Å²) < 4.78 is 29.5. The first kappa shape index (κ1) is 17.7. The predicted molar refractivity (Wildman–Crippen MR) is 104 cm³/mol. The van der Waals surface area contributed by atoms with Crippen molar-refractivity contribution in [3.63, 3.8) is 0 Å². The number of benzene rings is 2. The number of hydrogen-bond donors (Lipinski definition) is 1. The maximum atomic E-state index is 13.4. The first-order chi connectivity index (χ1) is 13.0. The number of nitrogens with zero attached hydrogens (tertiary/aromatic N) is 3. The minimum absolute atomic E-state index is 0.120. The van der Waals surface area contributed by atoms with Crippen molar-refractivity contribution in [2.24, 2.45) is 0 Å². The Labute approximate surface area is 158 Å². The number of carboxylic acid groups (broad SMARTS) is 1. The summed E-state index contributed by atoms with van der Waals surface area (Å²) in [5.41, 5.74) is 1.73. The fourth-order valence-electron chi connectivity index (χ4n) is 3.86. The predicted octanol–water partition coefficient (Wildman–Crippen LogP) is 3.42. The lowest BCUT2D eigenvalue weighted by Gasteiger charge is -2.36. The first-order valence-electron chi connectivity index (χ1n) is 8.97. The molecule has 1 fully saturated rings. The van der Waals surface area contributed by atoms with Crippen LogP contribution in [0.2, 0.25) is 0 Å². The quantitative estimate of drug-likeness (QED) is 0.875. The van der Waals surface area contributed by atoms with E-state index in [1.807, 2.05) is 6.07 Å². The smallest absolute Gasteiger partial charge is 0.407 e. The minimum atomic E-state index is -3.84. The van der Waals surface area contributed by atoms with Gasteiger partial charge in [0.2, 0.25) is 0 Å². The van der Waals surface area contributed by atoms with E-state index >= 15 is 0 Å². The van der Waals surface area contributed by atoms with E-state index in [9.17, 15) is 18.3 Å². The third kappa shape index (κ3) is 2.99. The van der Waals surface area contributed by atoms with Crippen molar-refractivity contribution in [2.45, 2.75) is 25.3 Å². The molecule has 8 heteroatoms. The number of piperidine rings is 1. The van der Waals surface area contributed by atoms with E-state index in [4.69, 9.17) is 0 Å². The van der Waals surface area contributed by atoms with Crippen LogP contribution < -0.4 is 8.61 Å². The number of amides is 1. The van der Waals surface area contributed by atoms with E-state index < -0.39 is 16.3 Å². The molecule has 2 aliphatic heterocycles. The molecule has 0 spiro atoms. The van der Waals surface area contributed by atoms with Gasteiger partial charge in [-0.2, -0.15) is 8.42 Å². The largest absolute Gasteiger partial charge is 0.465 e. The van der Waals surface area contributed by atoms with Crippen LogP contribution in [0.3, 0.4) is 0 Å². The number of hydrogen-bond acceptors (Lipinski definition) is 3. The average Bonchev–Trinajstić information content (AvgIpc) is 2.89. The average molecular weight is 387 g/mol. The number of anilines is 3. The van der Waals surface area contributed by atoms with Gasteiger partial charge in [0.1, 0.15) is 0 Å². The highest BCUT2D eigenvalue weighted by Crippen LogP contribution is 2.45. The lowest BCUT2D eigenvalue weighted by atomic mass is 10.0. The highest BCUT2D eigenvalue weighted by Gasteiger charge is 2.43. The summed E-state index contributed by atoms with van der Waals surface area (Å²) in [5, 5.41) is 9.49. The van der Waals surface area contributed by atoms with Crippen LogP contribution in [-0.2, 0) is 10.2 Å². The molecule has 1 saturated heterocycles. The van der Waals surface area contributed by atoms with Crippen molar-refractivity contribution in [3.05, 3.63) is 54.6 Å². The van der Waals surface area contributed by atoms with Gasteiger partial charge in [-0.1, -0.05) is 30.3 Å². The van der Waals surface area contributed by atoms with Crippen molar-refractivity contribution >= 4 is 33.4 Å². The van der Waals surface area contributed by atoms with Gasteiger partial charge in [-0.3, -0.25) is 0 Å². The molecule has 0 radical (unpaired) electrons. The number of rotatable bonds is 3. The van der Waals surface area contributed by atoms with Crippen LogP contribution in [0.15, 0.2) is 54.6 Å². The van der Waals surface area contributed by atoms with Crippen LogP contribution in [0, 0.1) is 0 Å². The number of likely N-dealkylation sites (tertiary alicyclic amines) is 1. The molecule has 0 aliphatic carbocycles. The molecule has 0 bridgehead atoms. The Morgan fingerprint density at radius 3 is 2.37 bits per heavy atom. The van der Waals surface area contributed by atoms with Crippen LogP contribution >= 0.6 is 0 Å². The zero-order valence-electron chi connectivity index (χ0n) is 14.7. The lowest BCUT2D eigenvalue weighted by Crippen LogP contribution is -2.50. The van der Waals surface area contributed by atoms with Gasteiger partial charge in [0.15, 0.2) is 0 Å². The van der Waals surface area contributed by atoms with Gasteiger partial charge in [-0.05, 0) is 43.5 Å². The molecular formula is C19H21N3O4S. The first-order valence-corrected chi connectivity index (χ1v) is 10.4. The van der Waals surface area contributed by atoms with Crippen LogP contribution in [0.4, 0.5) is 21.9 Å². The summed E-state index contributed by atoms with van der Waals surface area (Å²) in [6.45, 7) is 0.562. The summed E-state index contributed by atoms with van der Waals surface area (Å²) in [4.78, 5) is 12.9. The molecule has 2 aromatic rings. The molecule has 142 valence electrons. The fraction of sp³-hybridized carbons (Fsp3) is 0.316. The molecule has 4 rings (SSSR count). The van der Waals surface area contributed by atoms with E-state index in [2.05, 4.69) is 0 Å². The van der Waals surface area contributed by atoms with Gasteiger partial charge in [0.05, 0.1) is 29.6 Å². The fourth-order valence-corrected chi connectivity index (χ4v) is 5.61. The van der Waals surface area contributed by atoms with E-state index in [0.29, 0.717) is 30.0 Å². The Morgan fingerprint density at radius 1 is 1.00 bits per heavy atom. The molecule has 1 amide bonds. The van der Waals surface area contributed by atoms with Gasteiger partial charge in [-0.25, -0.2) is 13.4 Å². The Bertz CT molecular complexity index is 948. The second-order valence-corrected chi connectivity index (χ2v) is 8.45. The second kappa shape index (κ2) is 6.77. The molecule has 1 unspecified atom stereocenters. The third-order valence-electron chi connectivity index (χ3n) is 5.12. The molecule has 0 saturated carbocycles. The van der Waals surface area contributed by atoms with Gasteiger partial charge in [0, 0.05) is 6.54 Å². The van der Waals surface area contributed by atoms with Crippen molar-refractivity contribution < 1.29 is 18.3 Å². The third-order valence-corrected chi connectivity index (χ3v) is 6.89. The van der Waals surface area contributed by atoms with Gasteiger partial charge >= 0.3 is 16.3 Å². The molecule has 1 atom stereocenters. The van der Waals surface area contributed by atoms with Crippen LogP contribution in [-0.4, -0.2) is 43.6 Å². The van der Waals surface area contributed by atoms with Crippen LogP contribution in [0.25, 0.3) is 0 Å². The summed E-state index contributed by atoms with van der Waals surface area (Å²) in [5.74, 6) is 0. The standard InChI is InChI=1S/C19H21N3O4S/c23-19(24)20-13-7-6-10-16(20)14-21-17-11-4-5-12-18(17)22(27(21,25)26)15-8-2-1-3-9-15/h1-5,8-9,11-12,16H,6-7,10,13-14H2,(H,23,24). The Kier molecular flexibility index (Phi) is 4.43. The summed E-state index contributed by atoms with van der Waals surface area (Å²) >= 11 is 0. The Balaban J connectivity index is 1.74. The van der Waals surface area contributed by atoms with E-state index in [1.165, 1.54) is 13.5 Å². The summed E-state index contributed by atoms with van der Waals surface area (Å²) in [6, 6.07) is 15.7. The zero-order chi connectivity index (χ0) is 19.0. The summed E-state index contributed by atoms with van der Waals surface area (Å²) in [6.07, 6.45) is 1.37. The number of fused-ring (bicyclic) bond motifs is 1. The molecular weight excluding hydrogens is 366 g/mol. The highest BCUT2D eigenvalue weighted by atomic mass is 32.2.